The number of aliphatic hydroxyl groups is 1. The lowest BCUT2D eigenvalue weighted by molar-refractivity contribution is -0.870. The van der Waals surface area contributed by atoms with Crippen molar-refractivity contribution in [3.63, 3.8) is 0 Å². The van der Waals surface area contributed by atoms with Gasteiger partial charge in [0.1, 0.15) is 6.54 Å². The van der Waals surface area contributed by atoms with Crippen molar-refractivity contribution in [1.82, 2.24) is 0 Å². The minimum Gasteiger partial charge on any atom is -0.391 e. The van der Waals surface area contributed by atoms with Crippen molar-refractivity contribution in [2.24, 2.45) is 0 Å². The highest BCUT2D eigenvalue weighted by molar-refractivity contribution is 6.17. The first kappa shape index (κ1) is 28.4. The Kier molecular flexibility index (Phi) is 25.4. The fourth-order valence-electron chi connectivity index (χ4n) is 2.94. The molecule has 0 rings (SSSR count). The molecule has 3 heteroatoms. The van der Waals surface area contributed by atoms with E-state index in [2.05, 4.69) is 28.1 Å². The van der Waals surface area contributed by atoms with Crippen molar-refractivity contribution in [3.8, 4) is 0 Å². The van der Waals surface area contributed by atoms with Crippen LogP contribution in [0.1, 0.15) is 110 Å². The SMILES string of the molecule is CCCCCCCCCCCCCCCCCCCl.C[N+](C)(C)CCO. The van der Waals surface area contributed by atoms with Gasteiger partial charge in [0, 0.05) is 5.88 Å². The minimum atomic E-state index is 0.281. The van der Waals surface area contributed by atoms with Gasteiger partial charge in [-0.15, -0.1) is 11.6 Å². The molecule has 1 N–H and O–H groups in total. The molecule has 26 heavy (non-hydrogen) atoms. The molecule has 0 aliphatic heterocycles. The van der Waals surface area contributed by atoms with Gasteiger partial charge in [0.2, 0.25) is 0 Å². The summed E-state index contributed by atoms with van der Waals surface area (Å²) in [5.41, 5.74) is 0. The molecule has 0 aromatic heterocycles. The molecular formula is C23H51ClNO+. The van der Waals surface area contributed by atoms with Crippen LogP contribution >= 0.6 is 11.6 Å². The first-order chi connectivity index (χ1) is 12.5. The summed E-state index contributed by atoms with van der Waals surface area (Å²) in [6.45, 7) is 3.40. The third kappa shape index (κ3) is 31.9. The average Bonchev–Trinajstić information content (AvgIpc) is 2.58. The third-order valence-electron chi connectivity index (χ3n) is 4.76. The molecular weight excluding hydrogens is 342 g/mol. The summed E-state index contributed by atoms with van der Waals surface area (Å²) in [4.78, 5) is 0. The summed E-state index contributed by atoms with van der Waals surface area (Å²) in [6, 6.07) is 0. The Morgan fingerprint density at radius 2 is 0.885 bits per heavy atom. The summed E-state index contributed by atoms with van der Waals surface area (Å²) in [5, 5.41) is 8.39. The number of quaternary nitrogens is 1. The number of unbranched alkanes of at least 4 members (excludes halogenated alkanes) is 15. The fourth-order valence-corrected chi connectivity index (χ4v) is 3.13. The highest BCUT2D eigenvalue weighted by Crippen LogP contribution is 2.13. The van der Waals surface area contributed by atoms with E-state index in [1.54, 1.807) is 0 Å². The quantitative estimate of drug-likeness (QED) is 0.149. The van der Waals surface area contributed by atoms with E-state index in [-0.39, 0.29) is 6.61 Å². The molecule has 0 atom stereocenters. The lowest BCUT2D eigenvalue weighted by atomic mass is 10.0. The van der Waals surface area contributed by atoms with Crippen LogP contribution in [0, 0.1) is 0 Å². The van der Waals surface area contributed by atoms with Gasteiger partial charge in [0.25, 0.3) is 0 Å². The lowest BCUT2D eigenvalue weighted by Gasteiger charge is -2.21. The van der Waals surface area contributed by atoms with Gasteiger partial charge < -0.3 is 9.59 Å². The first-order valence-corrected chi connectivity index (χ1v) is 12.0. The molecule has 0 amide bonds. The van der Waals surface area contributed by atoms with Crippen LogP contribution in [0.5, 0.6) is 0 Å². The molecule has 0 saturated heterocycles. The molecule has 0 spiro atoms. The molecule has 0 heterocycles. The standard InChI is InChI=1S/C18H37Cl.C5H14NO/c1-2-3-4-5-6-7-8-9-10-11-12-13-14-15-16-17-18-19;1-6(2,3)4-5-7/h2-18H2,1H3;7H,4-5H2,1-3H3/q;+1. The van der Waals surface area contributed by atoms with Crippen molar-refractivity contribution in [2.45, 2.75) is 110 Å². The highest BCUT2D eigenvalue weighted by atomic mass is 35.5. The first-order valence-electron chi connectivity index (χ1n) is 11.4. The van der Waals surface area contributed by atoms with Crippen LogP contribution in [0.25, 0.3) is 0 Å². The molecule has 0 aliphatic rings. The Morgan fingerprint density at radius 3 is 1.08 bits per heavy atom. The highest BCUT2D eigenvalue weighted by Gasteiger charge is 2.02. The van der Waals surface area contributed by atoms with Crippen molar-refractivity contribution < 1.29 is 9.59 Å². The molecule has 0 saturated carbocycles. The molecule has 0 aromatic carbocycles. The van der Waals surface area contributed by atoms with Gasteiger partial charge in [-0.1, -0.05) is 103 Å². The van der Waals surface area contributed by atoms with Crippen molar-refractivity contribution >= 4 is 11.6 Å². The van der Waals surface area contributed by atoms with Gasteiger partial charge >= 0.3 is 0 Å². The molecule has 160 valence electrons. The summed E-state index contributed by atoms with van der Waals surface area (Å²) in [6.07, 6.45) is 22.8. The van der Waals surface area contributed by atoms with E-state index >= 15 is 0 Å². The van der Waals surface area contributed by atoms with Gasteiger partial charge in [0.05, 0.1) is 27.7 Å². The average molecular weight is 393 g/mol. The van der Waals surface area contributed by atoms with Gasteiger partial charge in [-0.05, 0) is 6.42 Å². The fraction of sp³-hybridized carbons (Fsp3) is 1.00. The van der Waals surface area contributed by atoms with Crippen molar-refractivity contribution in [1.29, 1.82) is 0 Å². The molecule has 0 aromatic rings. The molecule has 2 nitrogen and oxygen atoms in total. The summed E-state index contributed by atoms with van der Waals surface area (Å²) in [7, 11) is 6.16. The van der Waals surface area contributed by atoms with E-state index in [1.165, 1.54) is 103 Å². The minimum absolute atomic E-state index is 0.281. The van der Waals surface area contributed by atoms with Gasteiger partial charge in [-0.3, -0.25) is 0 Å². The Hall–Kier alpha value is 0.210. The maximum atomic E-state index is 8.39. The Balaban J connectivity index is 0. The van der Waals surface area contributed by atoms with Crippen LogP contribution in [0.2, 0.25) is 0 Å². The maximum Gasteiger partial charge on any atom is 0.101 e. The molecule has 0 aliphatic carbocycles. The number of hydrogen-bond acceptors (Lipinski definition) is 1. The normalized spacial score (nSPS) is 11.3. The number of aliphatic hydroxyl groups excluding tert-OH is 1. The van der Waals surface area contributed by atoms with E-state index in [1.807, 2.05) is 0 Å². The molecule has 0 bridgehead atoms. The predicted molar refractivity (Wildman–Crippen MR) is 120 cm³/mol. The molecule has 0 unspecified atom stereocenters. The second kappa shape index (κ2) is 23.2. The predicted octanol–water partition coefficient (Wildman–Crippen LogP) is 7.17. The van der Waals surface area contributed by atoms with E-state index in [9.17, 15) is 0 Å². The van der Waals surface area contributed by atoms with Gasteiger partial charge in [-0.25, -0.2) is 0 Å². The second-order valence-electron chi connectivity index (χ2n) is 8.73. The Labute approximate surface area is 171 Å². The second-order valence-corrected chi connectivity index (χ2v) is 9.11. The monoisotopic (exact) mass is 392 g/mol. The van der Waals surface area contributed by atoms with Crippen LogP contribution in [0.3, 0.4) is 0 Å². The van der Waals surface area contributed by atoms with Gasteiger partial charge in [-0.2, -0.15) is 0 Å². The lowest BCUT2D eigenvalue weighted by Crippen LogP contribution is -2.36. The van der Waals surface area contributed by atoms with Crippen LogP contribution < -0.4 is 0 Å². The van der Waals surface area contributed by atoms with E-state index in [4.69, 9.17) is 16.7 Å². The number of nitrogens with zero attached hydrogens (tertiary/aromatic N) is 1. The largest absolute Gasteiger partial charge is 0.391 e. The van der Waals surface area contributed by atoms with Crippen LogP contribution in [0.4, 0.5) is 0 Å². The zero-order valence-electron chi connectivity index (χ0n) is 18.7. The topological polar surface area (TPSA) is 20.2 Å². The summed E-state index contributed by atoms with van der Waals surface area (Å²) < 4.78 is 0.844. The van der Waals surface area contributed by atoms with Crippen molar-refractivity contribution in [3.05, 3.63) is 0 Å². The maximum absolute atomic E-state index is 8.39. The van der Waals surface area contributed by atoms with Crippen LogP contribution in [-0.2, 0) is 0 Å². The number of hydrogen-bond donors (Lipinski definition) is 1. The number of likely N-dealkylation sites (N-methyl/N-ethyl adjacent to an activating group) is 1. The third-order valence-corrected chi connectivity index (χ3v) is 5.03. The van der Waals surface area contributed by atoms with Crippen molar-refractivity contribution in [2.75, 3.05) is 40.2 Å². The van der Waals surface area contributed by atoms with E-state index in [0.717, 1.165) is 16.9 Å². The number of rotatable bonds is 18. The summed E-state index contributed by atoms with van der Waals surface area (Å²) >= 11 is 5.66. The molecule has 0 radical (unpaired) electrons. The van der Waals surface area contributed by atoms with Crippen LogP contribution in [-0.4, -0.2) is 49.8 Å². The number of halogens is 1. The molecule has 0 fully saturated rings. The summed E-state index contributed by atoms with van der Waals surface area (Å²) in [5.74, 6) is 0.846. The smallest absolute Gasteiger partial charge is 0.101 e. The number of alkyl halides is 1. The van der Waals surface area contributed by atoms with Crippen LogP contribution in [0.15, 0.2) is 0 Å². The van der Waals surface area contributed by atoms with E-state index in [0.29, 0.717) is 0 Å². The Bertz CT molecular complexity index is 225. The van der Waals surface area contributed by atoms with Gasteiger partial charge in [0.15, 0.2) is 0 Å². The zero-order valence-corrected chi connectivity index (χ0v) is 19.5. The Morgan fingerprint density at radius 1 is 0.577 bits per heavy atom. The zero-order chi connectivity index (χ0) is 19.9. The van der Waals surface area contributed by atoms with E-state index < -0.39 is 0 Å².